The van der Waals surface area contributed by atoms with E-state index < -0.39 is 19.5 Å². The van der Waals surface area contributed by atoms with Crippen LogP contribution < -0.4 is 15.4 Å². The molecule has 28 heavy (non-hydrogen) atoms. The van der Waals surface area contributed by atoms with Gasteiger partial charge in [-0.25, -0.2) is 23.7 Å². The molecule has 0 saturated carbocycles. The van der Waals surface area contributed by atoms with Gasteiger partial charge in [0.15, 0.2) is 11.6 Å². The molecule has 0 radical (unpaired) electrons. The van der Waals surface area contributed by atoms with E-state index >= 15 is 0 Å². The molecule has 4 heterocycles. The number of nitrogen functional groups attached to an aromatic ring is 1. The molecule has 2 fully saturated rings. The second-order valence-electron chi connectivity index (χ2n) is 6.61. The minimum atomic E-state index is -3.07. The van der Waals surface area contributed by atoms with E-state index in [4.69, 9.17) is 10.5 Å². The third-order valence-corrected chi connectivity index (χ3v) is 4.68. The van der Waals surface area contributed by atoms with Crippen molar-refractivity contribution in [1.82, 2.24) is 15.0 Å². The van der Waals surface area contributed by atoms with E-state index in [0.717, 1.165) is 6.42 Å². The first kappa shape index (κ1) is 18.7. The molecule has 11 heteroatoms. The number of halogens is 4. The number of rotatable bonds is 6. The second kappa shape index (κ2) is 7.38. The number of alkyl halides is 4. The smallest absolute Gasteiger partial charge is 0.387 e. The van der Waals surface area contributed by atoms with Crippen molar-refractivity contribution in [3.05, 3.63) is 24.2 Å². The van der Waals surface area contributed by atoms with Crippen LogP contribution in [0.15, 0.2) is 18.3 Å². The first-order valence-corrected chi connectivity index (χ1v) is 8.64. The Morgan fingerprint density at radius 3 is 2.71 bits per heavy atom. The number of aromatic nitrogens is 3. The minimum absolute atomic E-state index is 0.0423. The number of pyridine rings is 1. The van der Waals surface area contributed by atoms with Gasteiger partial charge in [0.1, 0.15) is 11.6 Å². The van der Waals surface area contributed by atoms with Crippen molar-refractivity contribution in [2.45, 2.75) is 38.0 Å². The standard InChI is InChI=1S/C17H17F4N5O2/c18-13(19)4-14-24-11(8-1-12(28-17(20)21)16(22)23-5-8)3-15(25-14)26-6-10-2-9(26)7-27-10/h1,3,5,9-10,13,17H,2,4,6-7H2,(H2,22,23)/t9-,10-/m0/s1. The quantitative estimate of drug-likeness (QED) is 0.747. The molecule has 2 aromatic heterocycles. The van der Waals surface area contributed by atoms with Crippen LogP contribution in [0.25, 0.3) is 11.3 Å². The molecule has 2 aliphatic rings. The predicted molar refractivity (Wildman–Crippen MR) is 91.5 cm³/mol. The molecule has 2 aliphatic heterocycles. The van der Waals surface area contributed by atoms with Gasteiger partial charge in [-0.1, -0.05) is 0 Å². The van der Waals surface area contributed by atoms with Gasteiger partial charge in [0.2, 0.25) is 6.43 Å². The van der Waals surface area contributed by atoms with Gasteiger partial charge in [-0.05, 0) is 12.5 Å². The lowest BCUT2D eigenvalue weighted by Gasteiger charge is -2.28. The van der Waals surface area contributed by atoms with Gasteiger partial charge in [-0.3, -0.25) is 0 Å². The maximum atomic E-state index is 12.9. The number of hydrogen-bond donors (Lipinski definition) is 1. The highest BCUT2D eigenvalue weighted by Gasteiger charge is 2.40. The largest absolute Gasteiger partial charge is 0.431 e. The Balaban J connectivity index is 1.72. The molecule has 0 spiro atoms. The van der Waals surface area contributed by atoms with Crippen molar-refractivity contribution in [3.63, 3.8) is 0 Å². The average molecular weight is 399 g/mol. The zero-order valence-electron chi connectivity index (χ0n) is 14.6. The molecule has 4 rings (SSSR count). The summed E-state index contributed by atoms with van der Waals surface area (Å²) >= 11 is 0. The van der Waals surface area contributed by atoms with Crippen molar-refractivity contribution < 1.29 is 27.0 Å². The summed E-state index contributed by atoms with van der Waals surface area (Å²) in [4.78, 5) is 14.3. The first-order chi connectivity index (χ1) is 13.4. The van der Waals surface area contributed by atoms with Crippen LogP contribution in [-0.4, -0.2) is 53.3 Å². The van der Waals surface area contributed by atoms with Crippen LogP contribution in [0.3, 0.4) is 0 Å². The Hall–Kier alpha value is -2.69. The molecular formula is C17H17F4N5O2. The number of nitrogens with zero attached hydrogens (tertiary/aromatic N) is 4. The summed E-state index contributed by atoms with van der Waals surface area (Å²) in [6.45, 7) is -1.92. The van der Waals surface area contributed by atoms with E-state index in [1.807, 2.05) is 4.90 Å². The Morgan fingerprint density at radius 1 is 1.25 bits per heavy atom. The lowest BCUT2D eigenvalue weighted by molar-refractivity contribution is -0.0494. The zero-order chi connectivity index (χ0) is 19.8. The Labute approximate surface area is 157 Å². The van der Waals surface area contributed by atoms with Crippen LogP contribution in [0, 0.1) is 0 Å². The highest BCUT2D eigenvalue weighted by molar-refractivity contribution is 5.66. The topological polar surface area (TPSA) is 86.4 Å². The van der Waals surface area contributed by atoms with Crippen molar-refractivity contribution in [3.8, 4) is 17.0 Å². The van der Waals surface area contributed by atoms with Crippen LogP contribution in [0.4, 0.5) is 29.2 Å². The molecular weight excluding hydrogens is 382 g/mol. The van der Waals surface area contributed by atoms with Gasteiger partial charge in [0.05, 0.1) is 30.9 Å². The van der Waals surface area contributed by atoms with Crippen LogP contribution in [0.2, 0.25) is 0 Å². The summed E-state index contributed by atoms with van der Waals surface area (Å²) in [5.74, 6) is -0.0687. The fourth-order valence-corrected chi connectivity index (χ4v) is 3.47. The highest BCUT2D eigenvalue weighted by atomic mass is 19.3. The molecule has 2 saturated heterocycles. The summed E-state index contributed by atoms with van der Waals surface area (Å²) in [6.07, 6.45) is -0.984. The lowest BCUT2D eigenvalue weighted by atomic mass is 10.1. The van der Waals surface area contributed by atoms with Gasteiger partial charge in [-0.2, -0.15) is 8.78 Å². The Kier molecular flexibility index (Phi) is 4.92. The maximum absolute atomic E-state index is 12.9. The van der Waals surface area contributed by atoms with Gasteiger partial charge >= 0.3 is 6.61 Å². The molecule has 2 aromatic rings. The summed E-state index contributed by atoms with van der Waals surface area (Å²) in [6, 6.07) is 3.00. The molecule has 2 bridgehead atoms. The maximum Gasteiger partial charge on any atom is 0.387 e. The summed E-state index contributed by atoms with van der Waals surface area (Å²) in [7, 11) is 0. The SMILES string of the molecule is Nc1ncc(-c2cc(N3C[C@@H]4C[C@H]3CO4)nc(CC(F)F)n2)cc1OC(F)F. The molecule has 2 atom stereocenters. The number of ether oxygens (including phenoxy) is 2. The highest BCUT2D eigenvalue weighted by Crippen LogP contribution is 2.34. The van der Waals surface area contributed by atoms with E-state index in [-0.39, 0.29) is 35.2 Å². The number of nitrogens with two attached hydrogens (primary N) is 1. The van der Waals surface area contributed by atoms with Gasteiger partial charge in [0, 0.05) is 24.4 Å². The van der Waals surface area contributed by atoms with Gasteiger partial charge in [0.25, 0.3) is 0 Å². The van der Waals surface area contributed by atoms with Crippen LogP contribution in [0.5, 0.6) is 5.75 Å². The van der Waals surface area contributed by atoms with Crippen LogP contribution >= 0.6 is 0 Å². The Morgan fingerprint density at radius 2 is 2.07 bits per heavy atom. The van der Waals surface area contributed by atoms with E-state index in [9.17, 15) is 17.6 Å². The fourth-order valence-electron chi connectivity index (χ4n) is 3.47. The van der Waals surface area contributed by atoms with E-state index in [1.54, 1.807) is 6.07 Å². The first-order valence-electron chi connectivity index (χ1n) is 8.64. The van der Waals surface area contributed by atoms with Gasteiger partial charge < -0.3 is 20.1 Å². The molecule has 0 amide bonds. The summed E-state index contributed by atoms with van der Waals surface area (Å²) in [5, 5.41) is 0. The number of fused-ring (bicyclic) bond motifs is 2. The third-order valence-electron chi connectivity index (χ3n) is 4.68. The van der Waals surface area contributed by atoms with Crippen molar-refractivity contribution in [1.29, 1.82) is 0 Å². The average Bonchev–Trinajstić information content (AvgIpc) is 3.26. The molecule has 0 aromatic carbocycles. The van der Waals surface area contributed by atoms with Crippen molar-refractivity contribution in [2.75, 3.05) is 23.8 Å². The van der Waals surface area contributed by atoms with Crippen molar-refractivity contribution >= 4 is 11.6 Å². The molecule has 2 N–H and O–H groups in total. The molecule has 0 unspecified atom stereocenters. The van der Waals surface area contributed by atoms with E-state index in [2.05, 4.69) is 19.7 Å². The zero-order valence-corrected chi connectivity index (χ0v) is 14.6. The molecule has 7 nitrogen and oxygen atoms in total. The monoisotopic (exact) mass is 399 g/mol. The number of morpholine rings is 1. The van der Waals surface area contributed by atoms with Crippen molar-refractivity contribution in [2.24, 2.45) is 0 Å². The lowest BCUT2D eigenvalue weighted by Crippen LogP contribution is -2.37. The minimum Gasteiger partial charge on any atom is -0.431 e. The van der Waals surface area contributed by atoms with Gasteiger partial charge in [-0.15, -0.1) is 0 Å². The second-order valence-corrected chi connectivity index (χ2v) is 6.61. The summed E-state index contributed by atoms with van der Waals surface area (Å²) < 4.78 is 60.9. The number of anilines is 2. The van der Waals surface area contributed by atoms with E-state index in [1.165, 1.54) is 12.3 Å². The predicted octanol–water partition coefficient (Wildman–Crippen LogP) is 2.51. The Bertz CT molecular complexity index is 869. The third kappa shape index (κ3) is 3.79. The van der Waals surface area contributed by atoms with E-state index in [0.29, 0.717) is 24.5 Å². The normalized spacial score (nSPS) is 21.1. The van der Waals surface area contributed by atoms with Crippen LogP contribution in [0.1, 0.15) is 12.2 Å². The molecule has 0 aliphatic carbocycles. The molecule has 150 valence electrons. The van der Waals surface area contributed by atoms with Crippen LogP contribution in [-0.2, 0) is 11.2 Å². The summed E-state index contributed by atoms with van der Waals surface area (Å²) in [5.41, 5.74) is 6.14. The number of hydrogen-bond acceptors (Lipinski definition) is 7. The fraction of sp³-hybridized carbons (Fsp3) is 0.471.